The number of carbonyl (C=O) groups is 3. The van der Waals surface area contributed by atoms with Crippen LogP contribution < -0.4 is 9.64 Å². The van der Waals surface area contributed by atoms with Crippen molar-refractivity contribution in [1.82, 2.24) is 4.98 Å². The van der Waals surface area contributed by atoms with Crippen molar-refractivity contribution < 1.29 is 24.2 Å². The molecule has 1 amide bonds. The van der Waals surface area contributed by atoms with Gasteiger partial charge in [-0.2, -0.15) is 0 Å². The minimum Gasteiger partial charge on any atom is -0.497 e. The smallest absolute Gasteiger partial charge is 0.323 e. The van der Waals surface area contributed by atoms with Gasteiger partial charge in [-0.05, 0) is 24.3 Å². The Hall–Kier alpha value is -3.61. The molecule has 7 nitrogen and oxygen atoms in total. The van der Waals surface area contributed by atoms with Gasteiger partial charge in [0.1, 0.15) is 12.3 Å². The van der Waals surface area contributed by atoms with Crippen molar-refractivity contribution in [3.8, 4) is 5.75 Å². The number of Topliss-reactive ketones (excluding diaryl/α,β-unsaturated/α-hetero) is 1. The van der Waals surface area contributed by atoms with E-state index in [1.807, 2.05) is 0 Å². The average Bonchev–Trinajstić information content (AvgIpc) is 3.08. The maximum atomic E-state index is 12.7. The quantitative estimate of drug-likeness (QED) is 0.524. The monoisotopic (exact) mass is 352 g/mol. The SMILES string of the molecule is COc1ccc2c(C(=O)C(=O)N(CC(=O)O)c3ccccc3)c[nH]c2c1. The van der Waals surface area contributed by atoms with Gasteiger partial charge in [-0.15, -0.1) is 0 Å². The topological polar surface area (TPSA) is 99.7 Å². The molecule has 0 radical (unpaired) electrons. The van der Waals surface area contributed by atoms with Crippen LogP contribution in [0.3, 0.4) is 0 Å². The van der Waals surface area contributed by atoms with E-state index in [0.29, 0.717) is 22.3 Å². The number of carbonyl (C=O) groups excluding carboxylic acids is 2. The van der Waals surface area contributed by atoms with E-state index in [0.717, 1.165) is 4.90 Å². The van der Waals surface area contributed by atoms with E-state index in [-0.39, 0.29) is 5.56 Å². The molecule has 0 atom stereocenters. The van der Waals surface area contributed by atoms with Crippen LogP contribution in [0.2, 0.25) is 0 Å². The van der Waals surface area contributed by atoms with Crippen molar-refractivity contribution in [3.63, 3.8) is 0 Å². The van der Waals surface area contributed by atoms with E-state index >= 15 is 0 Å². The van der Waals surface area contributed by atoms with Gasteiger partial charge >= 0.3 is 5.97 Å². The normalized spacial score (nSPS) is 10.5. The molecule has 0 unspecified atom stereocenters. The molecular formula is C19H16N2O5. The fourth-order valence-corrected chi connectivity index (χ4v) is 2.68. The number of ketones is 1. The lowest BCUT2D eigenvalue weighted by atomic mass is 10.1. The molecule has 2 aromatic carbocycles. The Bertz CT molecular complexity index is 978. The number of carboxylic acid groups (broad SMARTS) is 1. The van der Waals surface area contributed by atoms with E-state index in [1.54, 1.807) is 48.5 Å². The molecule has 0 aliphatic heterocycles. The molecule has 1 heterocycles. The summed E-state index contributed by atoms with van der Waals surface area (Å²) in [4.78, 5) is 40.5. The minimum atomic E-state index is -1.21. The zero-order chi connectivity index (χ0) is 18.7. The Morgan fingerprint density at radius 1 is 1.12 bits per heavy atom. The van der Waals surface area contributed by atoms with E-state index in [9.17, 15) is 14.4 Å². The van der Waals surface area contributed by atoms with Crippen LogP contribution in [0.15, 0.2) is 54.7 Å². The second-order valence-electron chi connectivity index (χ2n) is 5.56. The summed E-state index contributed by atoms with van der Waals surface area (Å²) in [5.74, 6) is -2.29. The summed E-state index contributed by atoms with van der Waals surface area (Å²) in [6.07, 6.45) is 1.44. The number of rotatable bonds is 6. The summed E-state index contributed by atoms with van der Waals surface area (Å²) in [6.45, 7) is -0.606. The highest BCUT2D eigenvalue weighted by Crippen LogP contribution is 2.24. The number of hydrogen-bond acceptors (Lipinski definition) is 4. The lowest BCUT2D eigenvalue weighted by molar-refractivity contribution is -0.136. The second-order valence-corrected chi connectivity index (χ2v) is 5.56. The molecule has 0 aliphatic rings. The van der Waals surface area contributed by atoms with Crippen molar-refractivity contribution in [2.75, 3.05) is 18.6 Å². The number of anilines is 1. The number of nitrogens with zero attached hydrogens (tertiary/aromatic N) is 1. The van der Waals surface area contributed by atoms with Crippen molar-refractivity contribution >= 4 is 34.3 Å². The number of para-hydroxylation sites is 1. The molecule has 3 aromatic rings. The van der Waals surface area contributed by atoms with Crippen LogP contribution in [0.5, 0.6) is 5.75 Å². The van der Waals surface area contributed by atoms with E-state index in [1.165, 1.54) is 13.3 Å². The van der Waals surface area contributed by atoms with Gasteiger partial charge in [-0.3, -0.25) is 19.3 Å². The van der Waals surface area contributed by atoms with E-state index < -0.39 is 24.2 Å². The second kappa shape index (κ2) is 7.10. The minimum absolute atomic E-state index is 0.180. The molecule has 7 heteroatoms. The Labute approximate surface area is 148 Å². The van der Waals surface area contributed by atoms with Crippen LogP contribution >= 0.6 is 0 Å². The first-order chi connectivity index (χ1) is 12.5. The molecule has 0 bridgehead atoms. The lowest BCUT2D eigenvalue weighted by Crippen LogP contribution is -2.40. The number of H-pyrrole nitrogens is 1. The third kappa shape index (κ3) is 3.27. The first-order valence-corrected chi connectivity index (χ1v) is 7.79. The van der Waals surface area contributed by atoms with Crippen LogP contribution in [0, 0.1) is 0 Å². The van der Waals surface area contributed by atoms with E-state index in [4.69, 9.17) is 9.84 Å². The van der Waals surface area contributed by atoms with E-state index in [2.05, 4.69) is 4.98 Å². The Kier molecular flexibility index (Phi) is 4.70. The number of fused-ring (bicyclic) bond motifs is 1. The summed E-state index contributed by atoms with van der Waals surface area (Å²) in [5, 5.41) is 9.67. The number of ether oxygens (including phenoxy) is 1. The number of amides is 1. The molecule has 0 saturated heterocycles. The van der Waals surface area contributed by atoms with Crippen LogP contribution in [-0.2, 0) is 9.59 Å². The van der Waals surface area contributed by atoms with Crippen molar-refractivity contribution in [1.29, 1.82) is 0 Å². The highest BCUT2D eigenvalue weighted by molar-refractivity contribution is 6.49. The Morgan fingerprint density at radius 2 is 1.85 bits per heavy atom. The zero-order valence-electron chi connectivity index (χ0n) is 13.9. The molecular weight excluding hydrogens is 336 g/mol. The van der Waals surface area contributed by atoms with Crippen LogP contribution in [0.1, 0.15) is 10.4 Å². The van der Waals surface area contributed by atoms with Gasteiger partial charge in [-0.1, -0.05) is 18.2 Å². The third-order valence-electron chi connectivity index (χ3n) is 3.93. The van der Waals surface area contributed by atoms with Gasteiger partial charge in [0.2, 0.25) is 0 Å². The summed E-state index contributed by atoms with van der Waals surface area (Å²) in [5.41, 5.74) is 1.17. The zero-order valence-corrected chi connectivity index (χ0v) is 13.9. The lowest BCUT2D eigenvalue weighted by Gasteiger charge is -2.19. The van der Waals surface area contributed by atoms with Crippen LogP contribution in [0.4, 0.5) is 5.69 Å². The predicted octanol–water partition coefficient (Wildman–Crippen LogP) is 2.48. The first-order valence-electron chi connectivity index (χ1n) is 7.79. The first kappa shape index (κ1) is 17.2. The number of carboxylic acids is 1. The number of nitrogens with one attached hydrogen (secondary N) is 1. The van der Waals surface area contributed by atoms with Gasteiger partial charge in [0.25, 0.3) is 11.7 Å². The van der Waals surface area contributed by atoms with Gasteiger partial charge in [0.05, 0.1) is 12.7 Å². The number of aliphatic carboxylic acids is 1. The number of aromatic amines is 1. The third-order valence-corrected chi connectivity index (χ3v) is 3.93. The van der Waals surface area contributed by atoms with Crippen molar-refractivity contribution in [3.05, 3.63) is 60.3 Å². The van der Waals surface area contributed by atoms with Crippen molar-refractivity contribution in [2.24, 2.45) is 0 Å². The predicted molar refractivity (Wildman–Crippen MR) is 95.6 cm³/mol. The molecule has 2 N–H and O–H groups in total. The highest BCUT2D eigenvalue weighted by Gasteiger charge is 2.28. The molecule has 0 spiro atoms. The molecule has 3 rings (SSSR count). The Balaban J connectivity index is 1.97. The molecule has 26 heavy (non-hydrogen) atoms. The molecule has 0 saturated carbocycles. The molecule has 0 fully saturated rings. The van der Waals surface area contributed by atoms with Gasteiger partial charge < -0.3 is 14.8 Å². The summed E-state index contributed by atoms with van der Waals surface area (Å²) >= 11 is 0. The molecule has 1 aromatic heterocycles. The fraction of sp³-hybridized carbons (Fsp3) is 0.105. The van der Waals surface area contributed by atoms with Crippen LogP contribution in [0.25, 0.3) is 10.9 Å². The fourth-order valence-electron chi connectivity index (χ4n) is 2.68. The number of aromatic nitrogens is 1. The average molecular weight is 352 g/mol. The Morgan fingerprint density at radius 3 is 2.50 bits per heavy atom. The number of benzene rings is 2. The summed E-state index contributed by atoms with van der Waals surface area (Å²) < 4.78 is 5.13. The largest absolute Gasteiger partial charge is 0.497 e. The highest BCUT2D eigenvalue weighted by atomic mass is 16.5. The standard InChI is InChI=1S/C19H16N2O5/c1-26-13-7-8-14-15(10-20-16(14)9-13)18(24)19(25)21(11-17(22)23)12-5-3-2-4-6-12/h2-10,20H,11H2,1H3,(H,22,23). The number of methoxy groups -OCH3 is 1. The molecule has 0 aliphatic carbocycles. The van der Waals surface area contributed by atoms with Gasteiger partial charge in [0.15, 0.2) is 0 Å². The number of hydrogen-bond donors (Lipinski definition) is 2. The maximum Gasteiger partial charge on any atom is 0.323 e. The maximum absolute atomic E-state index is 12.7. The van der Waals surface area contributed by atoms with Crippen molar-refractivity contribution in [2.45, 2.75) is 0 Å². The van der Waals surface area contributed by atoms with Crippen LogP contribution in [-0.4, -0.2) is 41.4 Å². The van der Waals surface area contributed by atoms with Gasteiger partial charge in [-0.25, -0.2) is 0 Å². The van der Waals surface area contributed by atoms with Gasteiger partial charge in [0, 0.05) is 28.9 Å². The molecule has 132 valence electrons. The summed E-state index contributed by atoms with van der Waals surface area (Å²) in [6, 6.07) is 13.3. The summed E-state index contributed by atoms with van der Waals surface area (Å²) in [7, 11) is 1.53.